The van der Waals surface area contributed by atoms with Gasteiger partial charge >= 0.3 is 0 Å². The molecular weight excluding hydrogens is 356 g/mol. The molecule has 8 heteroatoms. The second-order valence-corrected chi connectivity index (χ2v) is 6.30. The van der Waals surface area contributed by atoms with E-state index in [1.54, 1.807) is 32.0 Å². The fourth-order valence-electron chi connectivity index (χ4n) is 2.58. The number of carbonyl (C=O) groups is 1. The molecule has 0 saturated heterocycles. The molecule has 2 unspecified atom stereocenters. The van der Waals surface area contributed by atoms with Gasteiger partial charge in [0.2, 0.25) is 5.95 Å². The largest absolute Gasteiger partial charge is 0.375 e. The molecule has 1 aromatic heterocycles. The van der Waals surface area contributed by atoms with Crippen molar-refractivity contribution in [3.05, 3.63) is 51.0 Å². The van der Waals surface area contributed by atoms with Crippen LogP contribution in [0.5, 0.6) is 0 Å². The summed E-state index contributed by atoms with van der Waals surface area (Å²) >= 11 is 12.1. The second-order valence-electron chi connectivity index (χ2n) is 5.46. The van der Waals surface area contributed by atoms with Crippen LogP contribution in [-0.4, -0.2) is 28.8 Å². The van der Waals surface area contributed by atoms with Crippen LogP contribution in [0.1, 0.15) is 34.6 Å². The first-order valence-electron chi connectivity index (χ1n) is 7.24. The smallest absolute Gasteiger partial charge is 0.258 e. The number of benzene rings is 1. The summed E-state index contributed by atoms with van der Waals surface area (Å²) in [5, 5.41) is 7.57. The Morgan fingerprint density at radius 1 is 1.42 bits per heavy atom. The highest BCUT2D eigenvalue weighted by atomic mass is 35.5. The first-order valence-corrected chi connectivity index (χ1v) is 7.99. The second kappa shape index (κ2) is 7.51. The Labute approximate surface area is 149 Å². The Balaban J connectivity index is 2.23. The van der Waals surface area contributed by atoms with Crippen molar-refractivity contribution in [2.45, 2.75) is 26.0 Å². The number of carbonyl (C=O) groups excluding carboxylic acids is 1. The Bertz CT molecular complexity index is 764. The molecule has 0 spiro atoms. The number of amides is 1. The standard InChI is InChI=1S/C16H18Cl2FN3O2/c1-8-13(15(19)22(3)21-8)16(23)20-9(2)14(24-4)11-6-5-10(17)7-12(11)18/h5-7,9,14H,1-4H3,(H,20,23). The Morgan fingerprint density at radius 2 is 2.08 bits per heavy atom. The van der Waals surface area contributed by atoms with Gasteiger partial charge in [-0.05, 0) is 26.0 Å². The number of halogens is 3. The van der Waals surface area contributed by atoms with E-state index >= 15 is 0 Å². The fraction of sp³-hybridized carbons (Fsp3) is 0.375. The zero-order chi connectivity index (χ0) is 18.0. The molecule has 0 bridgehead atoms. The first kappa shape index (κ1) is 18.7. The quantitative estimate of drug-likeness (QED) is 0.869. The van der Waals surface area contributed by atoms with E-state index in [-0.39, 0.29) is 5.56 Å². The maximum Gasteiger partial charge on any atom is 0.258 e. The number of aryl methyl sites for hydroxylation is 2. The number of nitrogens with zero attached hydrogens (tertiary/aromatic N) is 2. The van der Waals surface area contributed by atoms with Crippen molar-refractivity contribution < 1.29 is 13.9 Å². The molecule has 2 atom stereocenters. The van der Waals surface area contributed by atoms with Crippen molar-refractivity contribution in [3.63, 3.8) is 0 Å². The molecule has 2 aromatic rings. The summed E-state index contributed by atoms with van der Waals surface area (Å²) in [5.74, 6) is -1.24. The molecular formula is C16H18Cl2FN3O2. The Morgan fingerprint density at radius 3 is 2.58 bits per heavy atom. The first-order chi connectivity index (χ1) is 11.3. The van der Waals surface area contributed by atoms with Crippen molar-refractivity contribution in [2.24, 2.45) is 7.05 Å². The van der Waals surface area contributed by atoms with Crippen molar-refractivity contribution in [1.29, 1.82) is 0 Å². The molecule has 24 heavy (non-hydrogen) atoms. The molecule has 0 radical (unpaired) electrons. The van der Waals surface area contributed by atoms with E-state index in [1.807, 2.05) is 0 Å². The highest BCUT2D eigenvalue weighted by molar-refractivity contribution is 6.35. The fourth-order valence-corrected chi connectivity index (χ4v) is 3.09. The number of nitrogens with one attached hydrogen (secondary N) is 1. The van der Waals surface area contributed by atoms with Crippen LogP contribution in [0.2, 0.25) is 10.0 Å². The summed E-state index contributed by atoms with van der Waals surface area (Å²) in [7, 11) is 2.95. The average Bonchev–Trinajstić information content (AvgIpc) is 2.75. The number of methoxy groups -OCH3 is 1. The van der Waals surface area contributed by atoms with Crippen molar-refractivity contribution in [1.82, 2.24) is 15.1 Å². The van der Waals surface area contributed by atoms with Crippen LogP contribution in [0, 0.1) is 12.9 Å². The van der Waals surface area contributed by atoms with Crippen LogP contribution >= 0.6 is 23.2 Å². The van der Waals surface area contributed by atoms with Crippen LogP contribution in [0.15, 0.2) is 18.2 Å². The summed E-state index contributed by atoms with van der Waals surface area (Å²) in [6.45, 7) is 3.33. The van der Waals surface area contributed by atoms with Gasteiger partial charge in [0.15, 0.2) is 0 Å². The van der Waals surface area contributed by atoms with Gasteiger partial charge in [0.05, 0.1) is 11.7 Å². The predicted octanol–water partition coefficient (Wildman–Crippen LogP) is 3.68. The lowest BCUT2D eigenvalue weighted by atomic mass is 10.0. The van der Waals surface area contributed by atoms with Gasteiger partial charge in [-0.1, -0.05) is 29.3 Å². The van der Waals surface area contributed by atoms with Gasteiger partial charge in [-0.2, -0.15) is 9.49 Å². The summed E-state index contributed by atoms with van der Waals surface area (Å²) in [6, 6.07) is 4.57. The number of aromatic nitrogens is 2. The van der Waals surface area contributed by atoms with E-state index in [1.165, 1.54) is 14.2 Å². The monoisotopic (exact) mass is 373 g/mol. The maximum atomic E-state index is 14.0. The summed E-state index contributed by atoms with van der Waals surface area (Å²) in [5.41, 5.74) is 0.916. The minimum atomic E-state index is -0.685. The maximum absolute atomic E-state index is 14.0. The summed E-state index contributed by atoms with van der Waals surface area (Å²) in [4.78, 5) is 12.4. The van der Waals surface area contributed by atoms with Gasteiger partial charge in [0.25, 0.3) is 5.91 Å². The molecule has 5 nitrogen and oxygen atoms in total. The SMILES string of the molecule is COC(c1ccc(Cl)cc1Cl)C(C)NC(=O)c1c(C)nn(C)c1F. The lowest BCUT2D eigenvalue weighted by Gasteiger charge is -2.25. The molecule has 1 amide bonds. The molecule has 2 rings (SSSR count). The number of rotatable bonds is 5. The van der Waals surface area contributed by atoms with E-state index in [9.17, 15) is 9.18 Å². The molecule has 0 aliphatic heterocycles. The number of hydrogen-bond donors (Lipinski definition) is 1. The Hall–Kier alpha value is -1.63. The van der Waals surface area contributed by atoms with Crippen LogP contribution in [0.25, 0.3) is 0 Å². The third kappa shape index (κ3) is 3.71. The molecule has 0 fully saturated rings. The van der Waals surface area contributed by atoms with Gasteiger partial charge in [-0.3, -0.25) is 4.79 Å². The van der Waals surface area contributed by atoms with Gasteiger partial charge in [-0.15, -0.1) is 0 Å². The van der Waals surface area contributed by atoms with Gasteiger partial charge in [-0.25, -0.2) is 4.68 Å². The van der Waals surface area contributed by atoms with E-state index < -0.39 is 24.0 Å². The van der Waals surface area contributed by atoms with E-state index in [0.717, 1.165) is 4.68 Å². The Kier molecular flexibility index (Phi) is 5.85. The molecule has 1 aromatic carbocycles. The third-order valence-corrected chi connectivity index (χ3v) is 4.28. The van der Waals surface area contributed by atoms with Crippen LogP contribution in [0.4, 0.5) is 4.39 Å². The summed E-state index contributed by atoms with van der Waals surface area (Å²) in [6.07, 6.45) is -0.515. The molecule has 0 aliphatic carbocycles. The molecule has 0 aliphatic rings. The van der Waals surface area contributed by atoms with Crippen LogP contribution in [0.3, 0.4) is 0 Å². The summed E-state index contributed by atoms with van der Waals surface area (Å²) < 4.78 is 20.5. The lowest BCUT2D eigenvalue weighted by Crippen LogP contribution is -2.38. The highest BCUT2D eigenvalue weighted by Gasteiger charge is 2.27. The van der Waals surface area contributed by atoms with Crippen molar-refractivity contribution in [3.8, 4) is 0 Å². The van der Waals surface area contributed by atoms with E-state index in [4.69, 9.17) is 27.9 Å². The molecule has 130 valence electrons. The van der Waals surface area contributed by atoms with E-state index in [0.29, 0.717) is 21.3 Å². The van der Waals surface area contributed by atoms with Crippen molar-refractivity contribution in [2.75, 3.05) is 7.11 Å². The van der Waals surface area contributed by atoms with Gasteiger partial charge in [0.1, 0.15) is 11.7 Å². The predicted molar refractivity (Wildman–Crippen MR) is 91.0 cm³/mol. The lowest BCUT2D eigenvalue weighted by molar-refractivity contribution is 0.0643. The highest BCUT2D eigenvalue weighted by Crippen LogP contribution is 2.30. The van der Waals surface area contributed by atoms with Crippen LogP contribution < -0.4 is 5.32 Å². The van der Waals surface area contributed by atoms with E-state index in [2.05, 4.69) is 10.4 Å². The molecule has 1 heterocycles. The third-order valence-electron chi connectivity index (χ3n) is 3.72. The minimum Gasteiger partial charge on any atom is -0.375 e. The van der Waals surface area contributed by atoms with Crippen molar-refractivity contribution >= 4 is 29.1 Å². The topological polar surface area (TPSA) is 56.1 Å². The molecule has 0 saturated carbocycles. The molecule has 1 N–H and O–H groups in total. The van der Waals surface area contributed by atoms with Gasteiger partial charge < -0.3 is 10.1 Å². The zero-order valence-corrected chi connectivity index (χ0v) is 15.2. The minimum absolute atomic E-state index is 0.0820. The number of ether oxygens (including phenoxy) is 1. The van der Waals surface area contributed by atoms with Crippen LogP contribution in [-0.2, 0) is 11.8 Å². The average molecular weight is 374 g/mol. The van der Waals surface area contributed by atoms with Gasteiger partial charge in [0, 0.05) is 29.8 Å². The number of hydrogen-bond acceptors (Lipinski definition) is 3. The zero-order valence-electron chi connectivity index (χ0n) is 13.7. The normalized spacial score (nSPS) is 13.6.